The second kappa shape index (κ2) is 9.16. The quantitative estimate of drug-likeness (QED) is 0.605. The molecule has 0 bridgehead atoms. The lowest BCUT2D eigenvalue weighted by molar-refractivity contribution is -0.231. The van der Waals surface area contributed by atoms with Crippen molar-refractivity contribution in [3.63, 3.8) is 0 Å². The van der Waals surface area contributed by atoms with Gasteiger partial charge < -0.3 is 25.2 Å². The minimum atomic E-state index is -1.36. The Morgan fingerprint density at radius 3 is 2.30 bits per heavy atom. The zero-order valence-electron chi connectivity index (χ0n) is 17.5. The summed E-state index contributed by atoms with van der Waals surface area (Å²) in [6.07, 6.45) is 0.542. The summed E-state index contributed by atoms with van der Waals surface area (Å²) >= 11 is 0. The molecule has 1 aliphatic carbocycles. The summed E-state index contributed by atoms with van der Waals surface area (Å²) in [5.41, 5.74) is 7.24. The SMILES string of the molecule is CCc1ccc(Cc2cc([C@@H]3O[C@H](CO)[C@@H](O)[C@H](O)[C@H]3O)cc3c2CCCC3)cc1. The summed E-state index contributed by atoms with van der Waals surface area (Å²) in [7, 11) is 0. The molecule has 0 unspecified atom stereocenters. The summed E-state index contributed by atoms with van der Waals surface area (Å²) in [4.78, 5) is 0. The average molecular weight is 413 g/mol. The lowest BCUT2D eigenvalue weighted by Crippen LogP contribution is -2.55. The molecule has 5 heteroatoms. The van der Waals surface area contributed by atoms with E-state index in [4.69, 9.17) is 4.74 Å². The van der Waals surface area contributed by atoms with Crippen molar-refractivity contribution < 1.29 is 25.2 Å². The van der Waals surface area contributed by atoms with Crippen LogP contribution in [0.5, 0.6) is 0 Å². The monoisotopic (exact) mass is 412 g/mol. The highest BCUT2D eigenvalue weighted by Gasteiger charge is 2.44. The van der Waals surface area contributed by atoms with Crippen LogP contribution in [0.3, 0.4) is 0 Å². The Bertz CT molecular complexity index is 861. The molecule has 5 nitrogen and oxygen atoms in total. The Kier molecular flexibility index (Phi) is 6.56. The van der Waals surface area contributed by atoms with Crippen LogP contribution in [-0.4, -0.2) is 51.4 Å². The van der Waals surface area contributed by atoms with E-state index in [1.54, 1.807) is 0 Å². The number of rotatable bonds is 5. The molecule has 0 radical (unpaired) electrons. The largest absolute Gasteiger partial charge is 0.394 e. The number of ether oxygens (including phenoxy) is 1. The number of hydrogen-bond acceptors (Lipinski definition) is 5. The molecular weight excluding hydrogens is 380 g/mol. The van der Waals surface area contributed by atoms with Gasteiger partial charge in [0.1, 0.15) is 30.5 Å². The number of hydrogen-bond donors (Lipinski definition) is 4. The molecular formula is C25H32O5. The maximum Gasteiger partial charge on any atom is 0.113 e. The first-order chi connectivity index (χ1) is 14.5. The van der Waals surface area contributed by atoms with Gasteiger partial charge in [0.25, 0.3) is 0 Å². The van der Waals surface area contributed by atoms with Gasteiger partial charge in [-0.25, -0.2) is 0 Å². The fraction of sp³-hybridized carbons (Fsp3) is 0.520. The van der Waals surface area contributed by atoms with Gasteiger partial charge in [0.2, 0.25) is 0 Å². The van der Waals surface area contributed by atoms with Gasteiger partial charge in [0.15, 0.2) is 0 Å². The van der Waals surface area contributed by atoms with Crippen molar-refractivity contribution in [1.82, 2.24) is 0 Å². The van der Waals surface area contributed by atoms with Gasteiger partial charge in [-0.05, 0) is 71.9 Å². The van der Waals surface area contributed by atoms with Crippen LogP contribution in [0.2, 0.25) is 0 Å². The number of fused-ring (bicyclic) bond motifs is 1. The van der Waals surface area contributed by atoms with Gasteiger partial charge in [-0.3, -0.25) is 0 Å². The second-order valence-electron chi connectivity index (χ2n) is 8.62. The molecule has 30 heavy (non-hydrogen) atoms. The molecule has 2 aromatic carbocycles. The van der Waals surface area contributed by atoms with E-state index in [2.05, 4.69) is 43.3 Å². The first-order valence-corrected chi connectivity index (χ1v) is 11.0. The van der Waals surface area contributed by atoms with Gasteiger partial charge in [-0.2, -0.15) is 0 Å². The molecule has 1 aliphatic heterocycles. The number of benzene rings is 2. The smallest absolute Gasteiger partial charge is 0.113 e. The van der Waals surface area contributed by atoms with Gasteiger partial charge in [0, 0.05) is 0 Å². The van der Waals surface area contributed by atoms with Crippen LogP contribution in [0, 0.1) is 0 Å². The normalized spacial score (nSPS) is 28.9. The molecule has 1 saturated heterocycles. The van der Waals surface area contributed by atoms with E-state index in [9.17, 15) is 20.4 Å². The van der Waals surface area contributed by atoms with Crippen molar-refractivity contribution in [2.24, 2.45) is 0 Å². The molecule has 1 fully saturated rings. The van der Waals surface area contributed by atoms with Crippen molar-refractivity contribution in [2.75, 3.05) is 6.61 Å². The topological polar surface area (TPSA) is 90.2 Å². The minimum Gasteiger partial charge on any atom is -0.394 e. The van der Waals surface area contributed by atoms with Crippen LogP contribution < -0.4 is 0 Å². The Balaban J connectivity index is 1.69. The third-order valence-corrected chi connectivity index (χ3v) is 6.63. The molecule has 0 saturated carbocycles. The first-order valence-electron chi connectivity index (χ1n) is 11.0. The number of aliphatic hydroxyl groups excluding tert-OH is 4. The fourth-order valence-electron chi connectivity index (χ4n) is 4.80. The summed E-state index contributed by atoms with van der Waals surface area (Å²) in [5, 5.41) is 40.5. The first kappa shape index (κ1) is 21.5. The minimum absolute atomic E-state index is 0.414. The van der Waals surface area contributed by atoms with Crippen molar-refractivity contribution >= 4 is 0 Å². The van der Waals surface area contributed by atoms with Crippen LogP contribution in [0.15, 0.2) is 36.4 Å². The average Bonchev–Trinajstić information content (AvgIpc) is 2.78. The van der Waals surface area contributed by atoms with Crippen LogP contribution >= 0.6 is 0 Å². The fourth-order valence-corrected chi connectivity index (χ4v) is 4.80. The van der Waals surface area contributed by atoms with E-state index in [-0.39, 0.29) is 0 Å². The lowest BCUT2D eigenvalue weighted by atomic mass is 9.82. The maximum atomic E-state index is 10.6. The zero-order valence-corrected chi connectivity index (χ0v) is 17.5. The Morgan fingerprint density at radius 1 is 0.900 bits per heavy atom. The van der Waals surface area contributed by atoms with Crippen molar-refractivity contribution in [1.29, 1.82) is 0 Å². The highest BCUT2D eigenvalue weighted by atomic mass is 16.5. The molecule has 2 aromatic rings. The van der Waals surface area contributed by atoms with E-state index in [0.717, 1.165) is 37.7 Å². The van der Waals surface area contributed by atoms with E-state index < -0.39 is 37.1 Å². The van der Waals surface area contributed by atoms with Gasteiger partial charge in [-0.15, -0.1) is 0 Å². The molecule has 0 spiro atoms. The number of aliphatic hydroxyl groups is 4. The molecule has 0 amide bonds. The maximum absolute atomic E-state index is 10.6. The molecule has 5 atom stereocenters. The van der Waals surface area contributed by atoms with Crippen LogP contribution in [0.4, 0.5) is 0 Å². The zero-order chi connectivity index (χ0) is 21.3. The molecule has 4 N–H and O–H groups in total. The predicted molar refractivity (Wildman–Crippen MR) is 114 cm³/mol. The van der Waals surface area contributed by atoms with Crippen molar-refractivity contribution in [2.45, 2.75) is 76.0 Å². The summed E-state index contributed by atoms with van der Waals surface area (Å²) in [6.45, 7) is 1.73. The third-order valence-electron chi connectivity index (χ3n) is 6.63. The summed E-state index contributed by atoms with van der Waals surface area (Å²) in [6, 6.07) is 12.8. The van der Waals surface area contributed by atoms with Crippen molar-refractivity contribution in [3.8, 4) is 0 Å². The van der Waals surface area contributed by atoms with Gasteiger partial charge in [0.05, 0.1) is 6.61 Å². The van der Waals surface area contributed by atoms with Crippen LogP contribution in [-0.2, 0) is 30.4 Å². The second-order valence-corrected chi connectivity index (χ2v) is 8.62. The molecule has 162 valence electrons. The molecule has 0 aromatic heterocycles. The van der Waals surface area contributed by atoms with E-state index >= 15 is 0 Å². The number of aryl methyl sites for hydroxylation is 2. The summed E-state index contributed by atoms with van der Waals surface area (Å²) in [5.74, 6) is 0. The summed E-state index contributed by atoms with van der Waals surface area (Å²) < 4.78 is 5.83. The molecule has 4 rings (SSSR count). The Hall–Kier alpha value is -1.76. The molecule has 1 heterocycles. The van der Waals surface area contributed by atoms with Gasteiger partial charge >= 0.3 is 0 Å². The van der Waals surface area contributed by atoms with Crippen LogP contribution in [0.1, 0.15) is 59.3 Å². The highest BCUT2D eigenvalue weighted by Crippen LogP contribution is 2.36. The van der Waals surface area contributed by atoms with Gasteiger partial charge in [-0.1, -0.05) is 43.3 Å². The van der Waals surface area contributed by atoms with Crippen molar-refractivity contribution in [3.05, 3.63) is 69.8 Å². The lowest BCUT2D eigenvalue weighted by Gasteiger charge is -2.40. The Labute approximate surface area is 178 Å². The predicted octanol–water partition coefficient (Wildman–Crippen LogP) is 2.23. The highest BCUT2D eigenvalue weighted by molar-refractivity contribution is 5.44. The van der Waals surface area contributed by atoms with E-state index in [0.29, 0.717) is 0 Å². The standard InChI is InChI=1S/C25H32O5/c1-2-15-7-9-16(10-8-15)11-18-13-19(12-17-5-3-4-6-20(17)18)25-24(29)23(28)22(27)21(14-26)30-25/h7-10,12-13,21-29H,2-6,11,14H2,1H3/t21-,22-,23+,24-,25+/m1/s1. The van der Waals surface area contributed by atoms with Crippen LogP contribution in [0.25, 0.3) is 0 Å². The van der Waals surface area contributed by atoms with E-state index in [1.165, 1.54) is 34.2 Å². The van der Waals surface area contributed by atoms with E-state index in [1.807, 2.05) is 0 Å². The molecule has 2 aliphatic rings. The Morgan fingerprint density at radius 2 is 1.60 bits per heavy atom. The third kappa shape index (κ3) is 4.18.